The second-order valence-corrected chi connectivity index (χ2v) is 12.7. The molecule has 0 spiro atoms. The Morgan fingerprint density at radius 1 is 0.617 bits per heavy atom. The van der Waals surface area contributed by atoms with E-state index in [9.17, 15) is 0 Å². The van der Waals surface area contributed by atoms with Crippen molar-refractivity contribution in [3.05, 3.63) is 145 Å². The van der Waals surface area contributed by atoms with Crippen LogP contribution in [0.15, 0.2) is 134 Å². The van der Waals surface area contributed by atoms with Crippen molar-refractivity contribution in [2.45, 2.75) is 19.3 Å². The van der Waals surface area contributed by atoms with Gasteiger partial charge in [-0.2, -0.15) is 0 Å². The Labute approximate surface area is 270 Å². The molecule has 5 heterocycles. The highest BCUT2D eigenvalue weighted by Crippen LogP contribution is 2.52. The van der Waals surface area contributed by atoms with Crippen LogP contribution in [0.1, 0.15) is 25.0 Å². The van der Waals surface area contributed by atoms with E-state index in [2.05, 4.69) is 113 Å². The quantitative estimate of drug-likeness (QED) is 0.187. The van der Waals surface area contributed by atoms with E-state index in [1.54, 1.807) is 0 Å². The van der Waals surface area contributed by atoms with Gasteiger partial charge in [-0.3, -0.25) is 8.97 Å². The van der Waals surface area contributed by atoms with Gasteiger partial charge in [0.25, 0.3) is 0 Å². The first-order chi connectivity index (χ1) is 23.1. The number of ether oxygens (including phenoxy) is 2. The van der Waals surface area contributed by atoms with Gasteiger partial charge in [0.05, 0.1) is 22.1 Å². The molecule has 6 heteroatoms. The Kier molecular flexibility index (Phi) is 5.24. The largest absolute Gasteiger partial charge is 0.457 e. The van der Waals surface area contributed by atoms with Gasteiger partial charge in [-0.05, 0) is 66.0 Å². The highest BCUT2D eigenvalue weighted by molar-refractivity contribution is 6.13. The normalized spacial score (nSPS) is 13.7. The van der Waals surface area contributed by atoms with Crippen molar-refractivity contribution in [3.63, 3.8) is 0 Å². The van der Waals surface area contributed by atoms with E-state index in [1.165, 1.54) is 16.5 Å². The molecule has 4 aromatic heterocycles. The first-order valence-corrected chi connectivity index (χ1v) is 15.8. The standard InChI is InChI=1S/C41H28N4O2/c1-41(2)32-13-4-6-15-36(32)47-38-33(41)18-19-35-37(38)30-12-8-20-42-40(30)45(35)25-9-7-10-26(23-25)46-27-16-17-28-29-11-3-5-14-34(29)44-22-21-43-39(44)31(28)24-27/h3-24H,1-2H3. The van der Waals surface area contributed by atoms with Gasteiger partial charge >= 0.3 is 0 Å². The molecule has 47 heavy (non-hydrogen) atoms. The van der Waals surface area contributed by atoms with Crippen LogP contribution in [0.25, 0.3) is 54.9 Å². The third-order valence-electron chi connectivity index (χ3n) is 9.73. The maximum absolute atomic E-state index is 6.70. The fraction of sp³-hybridized carbons (Fsp3) is 0.0732. The molecule has 6 nitrogen and oxygen atoms in total. The molecule has 0 atom stereocenters. The topological polar surface area (TPSA) is 53.6 Å². The van der Waals surface area contributed by atoms with Crippen molar-refractivity contribution < 1.29 is 9.47 Å². The number of para-hydroxylation sites is 2. The molecule has 0 unspecified atom stereocenters. The highest BCUT2D eigenvalue weighted by Gasteiger charge is 2.36. The minimum Gasteiger partial charge on any atom is -0.457 e. The zero-order valence-electron chi connectivity index (χ0n) is 25.8. The van der Waals surface area contributed by atoms with Crippen molar-refractivity contribution in [1.82, 2.24) is 18.9 Å². The molecule has 0 amide bonds. The summed E-state index contributed by atoms with van der Waals surface area (Å²) in [6.45, 7) is 4.54. The number of benzene rings is 5. The summed E-state index contributed by atoms with van der Waals surface area (Å²) in [6, 6.07) is 39.7. The number of aromatic nitrogens is 4. The van der Waals surface area contributed by atoms with Gasteiger partial charge in [-0.25, -0.2) is 9.97 Å². The Hall–Kier alpha value is -6.14. The van der Waals surface area contributed by atoms with Crippen molar-refractivity contribution in [2.75, 3.05) is 0 Å². The van der Waals surface area contributed by atoms with Gasteiger partial charge in [-0.1, -0.05) is 62.4 Å². The van der Waals surface area contributed by atoms with Crippen LogP contribution in [0, 0.1) is 0 Å². The predicted octanol–water partition coefficient (Wildman–Crippen LogP) is 10.4. The molecule has 1 aliphatic heterocycles. The lowest BCUT2D eigenvalue weighted by Gasteiger charge is -2.34. The fourth-order valence-electron chi connectivity index (χ4n) is 7.53. The van der Waals surface area contributed by atoms with E-state index < -0.39 is 0 Å². The van der Waals surface area contributed by atoms with Crippen LogP contribution >= 0.6 is 0 Å². The van der Waals surface area contributed by atoms with E-state index in [-0.39, 0.29) is 5.41 Å². The maximum Gasteiger partial charge on any atom is 0.145 e. The summed E-state index contributed by atoms with van der Waals surface area (Å²) in [5.74, 6) is 3.27. The number of rotatable bonds is 3. The number of fused-ring (bicyclic) bond motifs is 12. The minimum atomic E-state index is -0.211. The van der Waals surface area contributed by atoms with Crippen LogP contribution in [-0.2, 0) is 5.41 Å². The first-order valence-electron chi connectivity index (χ1n) is 15.8. The van der Waals surface area contributed by atoms with Crippen LogP contribution in [-0.4, -0.2) is 18.9 Å². The third kappa shape index (κ3) is 3.66. The summed E-state index contributed by atoms with van der Waals surface area (Å²) in [6.07, 6.45) is 5.70. The zero-order chi connectivity index (χ0) is 31.3. The van der Waals surface area contributed by atoms with Crippen molar-refractivity contribution >= 4 is 49.3 Å². The second kappa shape index (κ2) is 9.44. The molecule has 5 aromatic carbocycles. The van der Waals surface area contributed by atoms with Crippen LogP contribution in [0.4, 0.5) is 0 Å². The second-order valence-electron chi connectivity index (χ2n) is 12.7. The van der Waals surface area contributed by atoms with Crippen molar-refractivity contribution in [3.8, 4) is 28.7 Å². The molecular formula is C41H28N4O2. The molecule has 9 aromatic rings. The Morgan fingerprint density at radius 2 is 1.45 bits per heavy atom. The van der Waals surface area contributed by atoms with Crippen LogP contribution < -0.4 is 9.47 Å². The van der Waals surface area contributed by atoms with Gasteiger partial charge in [0.15, 0.2) is 0 Å². The molecule has 224 valence electrons. The lowest BCUT2D eigenvalue weighted by Crippen LogP contribution is -2.24. The number of nitrogens with zero attached hydrogens (tertiary/aromatic N) is 4. The summed E-state index contributed by atoms with van der Waals surface area (Å²) in [7, 11) is 0. The monoisotopic (exact) mass is 608 g/mol. The molecule has 0 saturated carbocycles. The van der Waals surface area contributed by atoms with Gasteiger partial charge < -0.3 is 9.47 Å². The molecule has 0 bridgehead atoms. The first kappa shape index (κ1) is 26.1. The lowest BCUT2D eigenvalue weighted by atomic mass is 9.75. The van der Waals surface area contributed by atoms with Gasteiger partial charge in [0.2, 0.25) is 0 Å². The van der Waals surface area contributed by atoms with E-state index in [1.807, 2.05) is 48.9 Å². The third-order valence-corrected chi connectivity index (χ3v) is 9.73. The highest BCUT2D eigenvalue weighted by atomic mass is 16.5. The lowest BCUT2D eigenvalue weighted by molar-refractivity contribution is 0.423. The molecule has 0 saturated heterocycles. The van der Waals surface area contributed by atoms with Crippen LogP contribution in [0.5, 0.6) is 23.0 Å². The van der Waals surface area contributed by atoms with E-state index in [0.29, 0.717) is 0 Å². The number of pyridine rings is 2. The van der Waals surface area contributed by atoms with Gasteiger partial charge in [-0.15, -0.1) is 0 Å². The Bertz CT molecular complexity index is 2740. The summed E-state index contributed by atoms with van der Waals surface area (Å²) < 4.78 is 17.6. The van der Waals surface area contributed by atoms with Crippen LogP contribution in [0.3, 0.4) is 0 Å². The average Bonchev–Trinajstić information content (AvgIpc) is 3.73. The van der Waals surface area contributed by atoms with Gasteiger partial charge in [0.1, 0.15) is 34.3 Å². The molecule has 10 rings (SSSR count). The average molecular weight is 609 g/mol. The zero-order valence-corrected chi connectivity index (χ0v) is 25.8. The van der Waals surface area contributed by atoms with E-state index in [0.717, 1.165) is 72.6 Å². The molecular weight excluding hydrogens is 580 g/mol. The van der Waals surface area contributed by atoms with Gasteiger partial charge in [0, 0.05) is 57.4 Å². The van der Waals surface area contributed by atoms with E-state index >= 15 is 0 Å². The molecule has 1 aliphatic rings. The molecule has 0 N–H and O–H groups in total. The predicted molar refractivity (Wildman–Crippen MR) is 187 cm³/mol. The maximum atomic E-state index is 6.70. The number of hydrogen-bond donors (Lipinski definition) is 0. The number of imidazole rings is 1. The summed E-state index contributed by atoms with van der Waals surface area (Å²) in [5.41, 5.74) is 7.04. The smallest absolute Gasteiger partial charge is 0.145 e. The summed E-state index contributed by atoms with van der Waals surface area (Å²) >= 11 is 0. The molecule has 0 aliphatic carbocycles. The molecule has 0 radical (unpaired) electrons. The molecule has 0 fully saturated rings. The van der Waals surface area contributed by atoms with Crippen LogP contribution in [0.2, 0.25) is 0 Å². The SMILES string of the molecule is CC1(C)c2ccccc2Oc2c1ccc1c2c2cccnc2n1-c1cccc(Oc2ccc3c4ccccc4n4ccnc4c3c2)c1. The summed E-state index contributed by atoms with van der Waals surface area (Å²) in [4.78, 5) is 9.57. The Balaban J connectivity index is 1.11. The minimum absolute atomic E-state index is 0.211. The Morgan fingerprint density at radius 3 is 2.40 bits per heavy atom. The van der Waals surface area contributed by atoms with Crippen molar-refractivity contribution in [2.24, 2.45) is 0 Å². The van der Waals surface area contributed by atoms with E-state index in [4.69, 9.17) is 14.5 Å². The fourth-order valence-corrected chi connectivity index (χ4v) is 7.53. The summed E-state index contributed by atoms with van der Waals surface area (Å²) in [5, 5.41) is 5.48. The number of hydrogen-bond acceptors (Lipinski definition) is 4. The van der Waals surface area contributed by atoms with Crippen molar-refractivity contribution in [1.29, 1.82) is 0 Å².